The predicted octanol–water partition coefficient (Wildman–Crippen LogP) is 3.87. The highest BCUT2D eigenvalue weighted by molar-refractivity contribution is 7.99. The SMILES string of the molecule is Cc1ccccc1NC(=O)CSCc1ccccc1. The van der Waals surface area contributed by atoms with Crippen molar-refractivity contribution in [2.24, 2.45) is 0 Å². The van der Waals surface area contributed by atoms with Gasteiger partial charge in [0, 0.05) is 11.4 Å². The van der Waals surface area contributed by atoms with Crippen LogP contribution in [-0.2, 0) is 10.5 Å². The third-order valence-corrected chi connectivity index (χ3v) is 3.77. The minimum Gasteiger partial charge on any atom is -0.325 e. The van der Waals surface area contributed by atoms with Gasteiger partial charge in [-0.25, -0.2) is 0 Å². The van der Waals surface area contributed by atoms with E-state index in [2.05, 4.69) is 17.4 Å². The maximum atomic E-state index is 11.8. The fourth-order valence-electron chi connectivity index (χ4n) is 1.74. The van der Waals surface area contributed by atoms with Crippen LogP contribution in [0.4, 0.5) is 5.69 Å². The van der Waals surface area contributed by atoms with Crippen molar-refractivity contribution in [1.29, 1.82) is 0 Å². The van der Waals surface area contributed by atoms with Gasteiger partial charge < -0.3 is 5.32 Å². The van der Waals surface area contributed by atoms with E-state index in [0.29, 0.717) is 5.75 Å². The van der Waals surface area contributed by atoms with E-state index in [0.717, 1.165) is 17.0 Å². The van der Waals surface area contributed by atoms with Gasteiger partial charge >= 0.3 is 0 Å². The Hall–Kier alpha value is -1.74. The van der Waals surface area contributed by atoms with Gasteiger partial charge in [-0.1, -0.05) is 48.5 Å². The molecule has 0 spiro atoms. The summed E-state index contributed by atoms with van der Waals surface area (Å²) in [5.41, 5.74) is 3.23. The molecule has 0 saturated heterocycles. The Labute approximate surface area is 118 Å². The van der Waals surface area contributed by atoms with Crippen LogP contribution in [0.3, 0.4) is 0 Å². The summed E-state index contributed by atoms with van der Waals surface area (Å²) in [5, 5.41) is 2.94. The molecule has 0 radical (unpaired) electrons. The van der Waals surface area contributed by atoms with Crippen LogP contribution in [-0.4, -0.2) is 11.7 Å². The van der Waals surface area contributed by atoms with Crippen molar-refractivity contribution in [3.8, 4) is 0 Å². The molecule has 0 fully saturated rings. The minimum atomic E-state index is 0.0511. The number of carbonyl (C=O) groups excluding carboxylic acids is 1. The molecule has 19 heavy (non-hydrogen) atoms. The molecular weight excluding hydrogens is 254 g/mol. The van der Waals surface area contributed by atoms with Gasteiger partial charge in [-0.15, -0.1) is 11.8 Å². The van der Waals surface area contributed by atoms with Crippen molar-refractivity contribution >= 4 is 23.4 Å². The van der Waals surface area contributed by atoms with E-state index in [1.54, 1.807) is 11.8 Å². The number of anilines is 1. The summed E-state index contributed by atoms with van der Waals surface area (Å²) in [4.78, 5) is 11.8. The second-order valence-electron chi connectivity index (χ2n) is 4.34. The first-order chi connectivity index (χ1) is 9.25. The van der Waals surface area contributed by atoms with Crippen LogP contribution < -0.4 is 5.32 Å². The van der Waals surface area contributed by atoms with Gasteiger partial charge in [0.15, 0.2) is 0 Å². The molecule has 0 aromatic heterocycles. The molecule has 1 amide bonds. The van der Waals surface area contributed by atoms with E-state index in [-0.39, 0.29) is 5.91 Å². The van der Waals surface area contributed by atoms with Crippen LogP contribution in [0.1, 0.15) is 11.1 Å². The Morgan fingerprint density at radius 3 is 2.47 bits per heavy atom. The quantitative estimate of drug-likeness (QED) is 0.894. The molecule has 2 nitrogen and oxygen atoms in total. The Morgan fingerprint density at radius 1 is 1.05 bits per heavy atom. The first kappa shape index (κ1) is 13.7. The molecule has 1 N–H and O–H groups in total. The number of para-hydroxylation sites is 1. The van der Waals surface area contributed by atoms with Gasteiger partial charge in [0.25, 0.3) is 0 Å². The number of thioether (sulfide) groups is 1. The first-order valence-corrected chi connectivity index (χ1v) is 7.38. The smallest absolute Gasteiger partial charge is 0.234 e. The van der Waals surface area contributed by atoms with Crippen molar-refractivity contribution < 1.29 is 4.79 Å². The molecule has 0 bridgehead atoms. The number of aryl methyl sites for hydroxylation is 1. The van der Waals surface area contributed by atoms with Crippen LogP contribution in [0.15, 0.2) is 54.6 Å². The number of nitrogens with one attached hydrogen (secondary N) is 1. The lowest BCUT2D eigenvalue weighted by atomic mass is 10.2. The van der Waals surface area contributed by atoms with E-state index in [1.165, 1.54) is 5.56 Å². The minimum absolute atomic E-state index is 0.0511. The molecule has 2 aromatic carbocycles. The van der Waals surface area contributed by atoms with E-state index in [9.17, 15) is 4.79 Å². The Bertz CT molecular complexity index is 539. The zero-order valence-electron chi connectivity index (χ0n) is 10.9. The number of benzene rings is 2. The van der Waals surface area contributed by atoms with Gasteiger partial charge in [-0.2, -0.15) is 0 Å². The number of hydrogen-bond acceptors (Lipinski definition) is 2. The van der Waals surface area contributed by atoms with Crippen molar-refractivity contribution in [2.45, 2.75) is 12.7 Å². The summed E-state index contributed by atoms with van der Waals surface area (Å²) >= 11 is 1.63. The molecule has 0 aliphatic heterocycles. The summed E-state index contributed by atoms with van der Waals surface area (Å²) in [7, 11) is 0. The lowest BCUT2D eigenvalue weighted by Gasteiger charge is -2.07. The van der Waals surface area contributed by atoms with Gasteiger partial charge in [0.2, 0.25) is 5.91 Å². The fourth-order valence-corrected chi connectivity index (χ4v) is 2.52. The van der Waals surface area contributed by atoms with E-state index >= 15 is 0 Å². The third-order valence-electron chi connectivity index (χ3n) is 2.76. The summed E-state index contributed by atoms with van der Waals surface area (Å²) in [5.74, 6) is 1.39. The Morgan fingerprint density at radius 2 is 1.74 bits per heavy atom. The van der Waals surface area contributed by atoms with Gasteiger partial charge in [0.05, 0.1) is 5.75 Å². The van der Waals surface area contributed by atoms with Crippen LogP contribution >= 0.6 is 11.8 Å². The van der Waals surface area contributed by atoms with E-state index in [1.807, 2.05) is 49.4 Å². The van der Waals surface area contributed by atoms with Crippen LogP contribution in [0.25, 0.3) is 0 Å². The van der Waals surface area contributed by atoms with Gasteiger partial charge in [-0.3, -0.25) is 4.79 Å². The lowest BCUT2D eigenvalue weighted by Crippen LogP contribution is -2.14. The zero-order valence-corrected chi connectivity index (χ0v) is 11.7. The summed E-state index contributed by atoms with van der Waals surface area (Å²) in [6.45, 7) is 1.99. The second-order valence-corrected chi connectivity index (χ2v) is 5.33. The third kappa shape index (κ3) is 4.45. The lowest BCUT2D eigenvalue weighted by molar-refractivity contribution is -0.113. The van der Waals surface area contributed by atoms with E-state index in [4.69, 9.17) is 0 Å². The summed E-state index contributed by atoms with van der Waals surface area (Å²) in [6, 6.07) is 18.0. The molecule has 2 aromatic rings. The van der Waals surface area contributed by atoms with Crippen LogP contribution in [0.2, 0.25) is 0 Å². The number of hydrogen-bond donors (Lipinski definition) is 1. The first-order valence-electron chi connectivity index (χ1n) is 6.23. The number of amides is 1. The highest BCUT2D eigenvalue weighted by Gasteiger charge is 2.04. The number of rotatable bonds is 5. The molecule has 0 heterocycles. The molecule has 2 rings (SSSR count). The summed E-state index contributed by atoms with van der Waals surface area (Å²) in [6.07, 6.45) is 0. The highest BCUT2D eigenvalue weighted by Crippen LogP contribution is 2.15. The monoisotopic (exact) mass is 271 g/mol. The highest BCUT2D eigenvalue weighted by atomic mass is 32.2. The Balaban J connectivity index is 1.78. The molecule has 0 aliphatic carbocycles. The predicted molar refractivity (Wildman–Crippen MR) is 82.4 cm³/mol. The van der Waals surface area contributed by atoms with E-state index < -0.39 is 0 Å². The van der Waals surface area contributed by atoms with Crippen molar-refractivity contribution in [3.63, 3.8) is 0 Å². The van der Waals surface area contributed by atoms with Gasteiger partial charge in [0.1, 0.15) is 0 Å². The molecule has 0 saturated carbocycles. The standard InChI is InChI=1S/C16H17NOS/c1-13-7-5-6-10-15(13)17-16(18)12-19-11-14-8-3-2-4-9-14/h2-10H,11-12H2,1H3,(H,17,18). The average molecular weight is 271 g/mol. The van der Waals surface area contributed by atoms with Crippen molar-refractivity contribution in [2.75, 3.05) is 11.1 Å². The molecule has 0 aliphatic rings. The molecule has 0 atom stereocenters. The fraction of sp³-hybridized carbons (Fsp3) is 0.188. The Kier molecular flexibility index (Phi) is 5.04. The molecule has 98 valence electrons. The largest absolute Gasteiger partial charge is 0.325 e. The van der Waals surface area contributed by atoms with Gasteiger partial charge in [-0.05, 0) is 24.1 Å². The normalized spacial score (nSPS) is 10.2. The zero-order chi connectivity index (χ0) is 13.5. The van der Waals surface area contributed by atoms with Crippen LogP contribution in [0.5, 0.6) is 0 Å². The molecule has 0 unspecified atom stereocenters. The maximum Gasteiger partial charge on any atom is 0.234 e. The average Bonchev–Trinajstić information content (AvgIpc) is 2.43. The topological polar surface area (TPSA) is 29.1 Å². The van der Waals surface area contributed by atoms with Crippen molar-refractivity contribution in [1.82, 2.24) is 0 Å². The molecule has 3 heteroatoms. The number of carbonyl (C=O) groups is 1. The summed E-state index contributed by atoms with van der Waals surface area (Å²) < 4.78 is 0. The maximum absolute atomic E-state index is 11.8. The van der Waals surface area contributed by atoms with Crippen molar-refractivity contribution in [3.05, 3.63) is 65.7 Å². The second kappa shape index (κ2) is 7.00. The van der Waals surface area contributed by atoms with Crippen LogP contribution in [0, 0.1) is 6.92 Å². The molecular formula is C16H17NOS.